The van der Waals surface area contributed by atoms with Gasteiger partial charge in [-0.1, -0.05) is 37.8 Å². The van der Waals surface area contributed by atoms with Crippen LogP contribution in [0.25, 0.3) is 0 Å². The molecule has 0 saturated carbocycles. The van der Waals surface area contributed by atoms with Gasteiger partial charge in [-0.25, -0.2) is 4.79 Å². The van der Waals surface area contributed by atoms with Crippen LogP contribution in [0.1, 0.15) is 51.2 Å². The molecular formula is C31H40N2O8. The molecule has 0 aliphatic rings. The van der Waals surface area contributed by atoms with E-state index in [1.165, 1.54) is 21.0 Å². The second-order valence-electron chi connectivity index (χ2n) is 10.00. The van der Waals surface area contributed by atoms with E-state index in [1.54, 1.807) is 6.92 Å². The topological polar surface area (TPSA) is 140 Å². The van der Waals surface area contributed by atoms with E-state index in [0.717, 1.165) is 16.8 Å². The summed E-state index contributed by atoms with van der Waals surface area (Å²) >= 11 is 0. The van der Waals surface area contributed by atoms with Crippen molar-refractivity contribution in [1.82, 2.24) is 0 Å². The summed E-state index contributed by atoms with van der Waals surface area (Å²) in [5.74, 6) is -1.63. The minimum atomic E-state index is -1.20. The molecule has 3 N–H and O–H groups in total. The smallest absolute Gasteiger partial charge is 0.333 e. The van der Waals surface area contributed by atoms with E-state index < -0.39 is 23.5 Å². The molecule has 0 aliphatic heterocycles. The van der Waals surface area contributed by atoms with Gasteiger partial charge < -0.3 is 30.0 Å². The molecular weight excluding hydrogens is 528 g/mol. The molecule has 41 heavy (non-hydrogen) atoms. The van der Waals surface area contributed by atoms with E-state index in [0.29, 0.717) is 18.5 Å². The van der Waals surface area contributed by atoms with E-state index in [2.05, 4.69) is 17.2 Å². The number of nitrogens with one attached hydrogen (secondary N) is 2. The maximum absolute atomic E-state index is 13.0. The van der Waals surface area contributed by atoms with Crippen molar-refractivity contribution < 1.29 is 38.5 Å². The van der Waals surface area contributed by atoms with Gasteiger partial charge in [-0.15, -0.1) is 0 Å². The molecule has 10 nitrogen and oxygen atoms in total. The zero-order chi connectivity index (χ0) is 30.4. The number of anilines is 2. The van der Waals surface area contributed by atoms with E-state index in [9.17, 15) is 24.3 Å². The SMILES string of the molecule is C=C(C)C(=O)OCC(O)COC(=O)C(CC)(CCC(=O)Nc1ccc(Cc2ccc(NC(C)=O)cc2)cc1)COC. The monoisotopic (exact) mass is 568 g/mol. The van der Waals surface area contributed by atoms with Gasteiger partial charge in [0, 0.05) is 37.4 Å². The first kappa shape index (κ1) is 33.2. The van der Waals surface area contributed by atoms with Crippen LogP contribution in [-0.4, -0.2) is 61.9 Å². The standard InChI is InChI=1S/C31H40N2O8/c1-6-31(20-39-5,30(38)41-19-27(35)18-40-29(37)21(2)3)16-15-28(36)33-26-13-9-24(10-14-26)17-23-7-11-25(12-8-23)32-22(4)34/h7-14,27,35H,2,6,15-20H2,1,3-5H3,(H,32,34)(H,33,36). The fraction of sp³-hybridized carbons (Fsp3) is 0.419. The Kier molecular flexibility index (Phi) is 13.2. The molecule has 0 saturated heterocycles. The molecule has 0 heterocycles. The lowest BCUT2D eigenvalue weighted by Gasteiger charge is -2.30. The summed E-state index contributed by atoms with van der Waals surface area (Å²) in [6.07, 6.45) is 0.0723. The van der Waals surface area contributed by atoms with Gasteiger partial charge in [0.15, 0.2) is 0 Å². The number of esters is 2. The maximum atomic E-state index is 13.0. The molecule has 2 atom stereocenters. The van der Waals surface area contributed by atoms with Crippen LogP contribution < -0.4 is 10.6 Å². The van der Waals surface area contributed by atoms with Crippen LogP contribution in [0.5, 0.6) is 0 Å². The summed E-state index contributed by atoms with van der Waals surface area (Å²) < 4.78 is 15.5. The number of aliphatic hydroxyl groups excluding tert-OH is 1. The largest absolute Gasteiger partial charge is 0.462 e. The van der Waals surface area contributed by atoms with Gasteiger partial charge in [-0.3, -0.25) is 14.4 Å². The maximum Gasteiger partial charge on any atom is 0.333 e. The van der Waals surface area contributed by atoms with Crippen molar-refractivity contribution in [3.63, 3.8) is 0 Å². The van der Waals surface area contributed by atoms with E-state index >= 15 is 0 Å². The van der Waals surface area contributed by atoms with Crippen molar-refractivity contribution in [2.45, 2.75) is 52.6 Å². The highest BCUT2D eigenvalue weighted by Gasteiger charge is 2.39. The average molecular weight is 569 g/mol. The quantitative estimate of drug-likeness (QED) is 0.204. The fourth-order valence-corrected chi connectivity index (χ4v) is 4.03. The minimum absolute atomic E-state index is 0.0385. The third kappa shape index (κ3) is 11.2. The first-order valence-electron chi connectivity index (χ1n) is 13.4. The number of ether oxygens (including phenoxy) is 3. The number of aliphatic hydroxyl groups is 1. The molecule has 10 heteroatoms. The minimum Gasteiger partial charge on any atom is -0.462 e. The molecule has 0 spiro atoms. The summed E-state index contributed by atoms with van der Waals surface area (Å²) in [5, 5.41) is 15.6. The average Bonchev–Trinajstić information content (AvgIpc) is 2.94. The van der Waals surface area contributed by atoms with Gasteiger partial charge in [0.25, 0.3) is 0 Å². The van der Waals surface area contributed by atoms with Crippen molar-refractivity contribution >= 4 is 35.1 Å². The van der Waals surface area contributed by atoms with E-state index in [-0.39, 0.29) is 50.0 Å². The third-order valence-corrected chi connectivity index (χ3v) is 6.44. The number of carbonyl (C=O) groups is 4. The Morgan fingerprint density at radius 1 is 0.902 bits per heavy atom. The summed E-state index contributed by atoms with van der Waals surface area (Å²) in [4.78, 5) is 48.4. The van der Waals surface area contributed by atoms with Crippen LogP contribution in [0.3, 0.4) is 0 Å². The molecule has 2 amide bonds. The van der Waals surface area contributed by atoms with Gasteiger partial charge in [0.05, 0.1) is 12.0 Å². The highest BCUT2D eigenvalue weighted by atomic mass is 16.6. The van der Waals surface area contributed by atoms with E-state index in [1.807, 2.05) is 48.5 Å². The summed E-state index contributed by atoms with van der Waals surface area (Å²) in [7, 11) is 1.46. The molecule has 2 rings (SSSR count). The van der Waals surface area contributed by atoms with Crippen LogP contribution in [-0.2, 0) is 39.8 Å². The zero-order valence-electron chi connectivity index (χ0n) is 24.2. The van der Waals surface area contributed by atoms with Crippen LogP contribution in [0.2, 0.25) is 0 Å². The van der Waals surface area contributed by atoms with Crippen molar-refractivity contribution in [2.75, 3.05) is 37.6 Å². The first-order chi connectivity index (χ1) is 19.5. The molecule has 222 valence electrons. The summed E-state index contributed by atoms with van der Waals surface area (Å²) in [6, 6.07) is 15.1. The third-order valence-electron chi connectivity index (χ3n) is 6.44. The number of benzene rings is 2. The lowest BCUT2D eigenvalue weighted by molar-refractivity contribution is -0.165. The van der Waals surface area contributed by atoms with Gasteiger partial charge in [-0.2, -0.15) is 0 Å². The number of hydrogen-bond acceptors (Lipinski definition) is 8. The number of amides is 2. The molecule has 0 fully saturated rings. The van der Waals surface area contributed by atoms with Crippen LogP contribution >= 0.6 is 0 Å². The predicted octanol–water partition coefficient (Wildman–Crippen LogP) is 4.02. The summed E-state index contributed by atoms with van der Waals surface area (Å²) in [6.45, 7) is 7.54. The normalized spacial score (nSPS) is 12.9. The Hall–Kier alpha value is -4.02. The predicted molar refractivity (Wildman–Crippen MR) is 155 cm³/mol. The van der Waals surface area contributed by atoms with Crippen LogP contribution in [0.4, 0.5) is 11.4 Å². The van der Waals surface area contributed by atoms with Gasteiger partial charge >= 0.3 is 11.9 Å². The van der Waals surface area contributed by atoms with Crippen LogP contribution in [0, 0.1) is 5.41 Å². The van der Waals surface area contributed by atoms with E-state index in [4.69, 9.17) is 14.2 Å². The molecule has 0 bridgehead atoms. The Morgan fingerprint density at radius 3 is 1.93 bits per heavy atom. The number of carbonyl (C=O) groups excluding carboxylic acids is 4. The van der Waals surface area contributed by atoms with Gasteiger partial charge in [-0.05, 0) is 61.6 Å². The number of rotatable bonds is 16. The second-order valence-corrected chi connectivity index (χ2v) is 10.00. The number of hydrogen-bond donors (Lipinski definition) is 3. The zero-order valence-corrected chi connectivity index (χ0v) is 24.2. The molecule has 0 aromatic heterocycles. The van der Waals surface area contributed by atoms with Crippen molar-refractivity contribution in [1.29, 1.82) is 0 Å². The fourth-order valence-electron chi connectivity index (χ4n) is 4.03. The van der Waals surface area contributed by atoms with Crippen molar-refractivity contribution in [3.05, 3.63) is 71.8 Å². The van der Waals surface area contributed by atoms with Gasteiger partial charge in [0.2, 0.25) is 11.8 Å². The van der Waals surface area contributed by atoms with Crippen molar-refractivity contribution in [2.24, 2.45) is 5.41 Å². The molecule has 2 aromatic rings. The Labute approximate surface area is 241 Å². The highest BCUT2D eigenvalue weighted by molar-refractivity contribution is 5.91. The lowest BCUT2D eigenvalue weighted by atomic mass is 9.81. The lowest BCUT2D eigenvalue weighted by Crippen LogP contribution is -2.39. The Balaban J connectivity index is 1.89. The Bertz CT molecular complexity index is 1190. The molecule has 0 radical (unpaired) electrons. The molecule has 2 aromatic carbocycles. The van der Waals surface area contributed by atoms with Gasteiger partial charge in [0.1, 0.15) is 19.3 Å². The molecule has 2 unspecified atom stereocenters. The second kappa shape index (κ2) is 16.3. The molecule has 0 aliphatic carbocycles. The highest BCUT2D eigenvalue weighted by Crippen LogP contribution is 2.31. The summed E-state index contributed by atoms with van der Waals surface area (Å²) in [5.41, 5.74) is 2.62. The van der Waals surface area contributed by atoms with Crippen LogP contribution in [0.15, 0.2) is 60.7 Å². The van der Waals surface area contributed by atoms with Crippen molar-refractivity contribution in [3.8, 4) is 0 Å². The first-order valence-corrected chi connectivity index (χ1v) is 13.4. The number of methoxy groups -OCH3 is 1. The Morgan fingerprint density at radius 2 is 1.44 bits per heavy atom.